The number of anilines is 1. The van der Waals surface area contributed by atoms with Crippen LogP contribution in [0.5, 0.6) is 0 Å². The van der Waals surface area contributed by atoms with Crippen molar-refractivity contribution in [2.24, 2.45) is 0 Å². The predicted molar refractivity (Wildman–Crippen MR) is 152 cm³/mol. The van der Waals surface area contributed by atoms with Crippen LogP contribution in [0, 0.1) is 5.82 Å². The number of hydrogen-bond donors (Lipinski definition) is 2. The Morgan fingerprint density at radius 2 is 2.00 bits per heavy atom. The molecule has 214 valence electrons. The molecule has 1 saturated heterocycles. The van der Waals surface area contributed by atoms with Gasteiger partial charge in [0.2, 0.25) is 5.82 Å². The summed E-state index contributed by atoms with van der Waals surface area (Å²) >= 11 is 7.62. The van der Waals surface area contributed by atoms with Gasteiger partial charge in [-0.1, -0.05) is 36.7 Å². The summed E-state index contributed by atoms with van der Waals surface area (Å²) in [5.74, 6) is -2.66. The van der Waals surface area contributed by atoms with Crippen molar-refractivity contribution in [3.8, 4) is 0 Å². The van der Waals surface area contributed by atoms with Crippen molar-refractivity contribution < 1.29 is 28.2 Å². The smallest absolute Gasteiger partial charge is 0.287 e. The zero-order valence-electron chi connectivity index (χ0n) is 22.3. The minimum atomic E-state index is -0.677. The quantitative estimate of drug-likeness (QED) is 0.292. The zero-order valence-corrected chi connectivity index (χ0v) is 23.9. The maximum Gasteiger partial charge on any atom is 0.287 e. The Labute approximate surface area is 244 Å². The molecular formula is C28H27ClFN5O5S. The van der Waals surface area contributed by atoms with Crippen LogP contribution in [0.4, 0.5) is 10.2 Å². The maximum absolute atomic E-state index is 14.3. The van der Waals surface area contributed by atoms with E-state index in [1.165, 1.54) is 41.2 Å². The molecule has 3 heterocycles. The molecule has 41 heavy (non-hydrogen) atoms. The monoisotopic (exact) mass is 599 g/mol. The summed E-state index contributed by atoms with van der Waals surface area (Å²) in [6, 6.07) is 11.2. The van der Waals surface area contributed by atoms with E-state index in [9.17, 15) is 18.8 Å². The van der Waals surface area contributed by atoms with Crippen LogP contribution in [0.25, 0.3) is 10.1 Å². The first kappa shape index (κ1) is 28.8. The van der Waals surface area contributed by atoms with E-state index < -0.39 is 23.5 Å². The molecule has 2 amide bonds. The molecule has 2 N–H and O–H groups in total. The lowest BCUT2D eigenvalue weighted by molar-refractivity contribution is -0.117. The van der Waals surface area contributed by atoms with Gasteiger partial charge in [-0.2, -0.15) is 4.37 Å². The molecule has 13 heteroatoms. The standard InChI is InChI=1S/C28H27ClFN5O5S/c1-15(36)13-35-24(16(2)20-11-17(30)7-8-21(20)29)25(32-26(35)28(38)31-12-18-14-39-9-10-40-18)33-27(37)23-19-5-3-4-6-22(19)41-34-23/h3-8,11,16,18H,9-10,12-14H2,1-2H3,(H,31,38)(H,33,37)/t16-,18-/m1/s1. The second-order valence-corrected chi connectivity index (χ2v) is 10.8. The number of nitrogens with one attached hydrogen (secondary N) is 2. The number of carbonyl (C=O) groups excluding carboxylic acids is 3. The van der Waals surface area contributed by atoms with Gasteiger partial charge in [-0.3, -0.25) is 14.4 Å². The van der Waals surface area contributed by atoms with E-state index in [2.05, 4.69) is 20.0 Å². The first-order chi connectivity index (χ1) is 19.7. The molecule has 10 nitrogen and oxygen atoms in total. The molecule has 1 aliphatic heterocycles. The Balaban J connectivity index is 1.57. The highest BCUT2D eigenvalue weighted by atomic mass is 35.5. The van der Waals surface area contributed by atoms with Crippen LogP contribution < -0.4 is 10.6 Å². The van der Waals surface area contributed by atoms with E-state index in [0.717, 1.165) is 4.70 Å². The number of carbonyl (C=O) groups is 3. The van der Waals surface area contributed by atoms with Gasteiger partial charge in [-0.15, -0.1) is 0 Å². The average Bonchev–Trinajstić information content (AvgIpc) is 3.54. The number of amides is 2. The molecule has 1 fully saturated rings. The van der Waals surface area contributed by atoms with Crippen LogP contribution in [0.2, 0.25) is 5.02 Å². The molecule has 0 spiro atoms. The highest BCUT2D eigenvalue weighted by Crippen LogP contribution is 2.36. The number of halogens is 2. The van der Waals surface area contributed by atoms with Crippen molar-refractivity contribution in [2.75, 3.05) is 31.7 Å². The number of ether oxygens (including phenoxy) is 2. The minimum Gasteiger partial charge on any atom is -0.376 e. The Morgan fingerprint density at radius 1 is 1.20 bits per heavy atom. The lowest BCUT2D eigenvalue weighted by Crippen LogP contribution is -2.40. The number of nitrogens with zero attached hydrogens (tertiary/aromatic N) is 3. The summed E-state index contributed by atoms with van der Waals surface area (Å²) in [7, 11) is 0. The molecular weight excluding hydrogens is 573 g/mol. The normalized spacial score (nSPS) is 16.0. The lowest BCUT2D eigenvalue weighted by atomic mass is 9.96. The van der Waals surface area contributed by atoms with Crippen LogP contribution in [-0.4, -0.2) is 64.0 Å². The second-order valence-electron chi connectivity index (χ2n) is 9.60. The molecule has 0 bridgehead atoms. The van der Waals surface area contributed by atoms with Gasteiger partial charge in [0.1, 0.15) is 17.3 Å². The fraction of sp³-hybridized carbons (Fsp3) is 0.321. The predicted octanol–water partition coefficient (Wildman–Crippen LogP) is 4.42. The molecule has 2 aromatic heterocycles. The number of hydrogen-bond acceptors (Lipinski definition) is 8. The minimum absolute atomic E-state index is 0.0311. The van der Waals surface area contributed by atoms with E-state index in [1.54, 1.807) is 19.1 Å². The molecule has 5 rings (SSSR count). The van der Waals surface area contributed by atoms with Gasteiger partial charge in [0.25, 0.3) is 11.8 Å². The van der Waals surface area contributed by atoms with Gasteiger partial charge in [-0.25, -0.2) is 9.37 Å². The Morgan fingerprint density at radius 3 is 2.76 bits per heavy atom. The molecule has 2 atom stereocenters. The topological polar surface area (TPSA) is 124 Å². The van der Waals surface area contributed by atoms with Gasteiger partial charge in [-0.05, 0) is 48.3 Å². The van der Waals surface area contributed by atoms with Crippen LogP contribution in [-0.2, 0) is 20.8 Å². The van der Waals surface area contributed by atoms with Crippen LogP contribution in [0.1, 0.15) is 52.1 Å². The summed E-state index contributed by atoms with van der Waals surface area (Å²) in [4.78, 5) is 43.8. The van der Waals surface area contributed by atoms with Crippen molar-refractivity contribution >= 4 is 56.6 Å². The van der Waals surface area contributed by atoms with E-state index in [4.69, 9.17) is 21.1 Å². The summed E-state index contributed by atoms with van der Waals surface area (Å²) in [5, 5.41) is 6.50. The third kappa shape index (κ3) is 6.30. The zero-order chi connectivity index (χ0) is 29.1. The Bertz CT molecular complexity index is 1620. The largest absolute Gasteiger partial charge is 0.376 e. The van der Waals surface area contributed by atoms with E-state index >= 15 is 0 Å². The first-order valence-corrected chi connectivity index (χ1v) is 14.1. The van der Waals surface area contributed by atoms with Crippen molar-refractivity contribution in [1.82, 2.24) is 19.2 Å². The van der Waals surface area contributed by atoms with Crippen molar-refractivity contribution in [2.45, 2.75) is 32.4 Å². The Hall–Kier alpha value is -3.71. The Kier molecular flexibility index (Phi) is 8.74. The van der Waals surface area contributed by atoms with Crippen LogP contribution in [0.3, 0.4) is 0 Å². The van der Waals surface area contributed by atoms with E-state index in [-0.39, 0.29) is 47.3 Å². The van der Waals surface area contributed by atoms with Crippen LogP contribution in [0.15, 0.2) is 42.5 Å². The number of Topliss-reactive ketones (excluding diaryl/α,β-unsaturated/α-hetero) is 1. The van der Waals surface area contributed by atoms with Crippen molar-refractivity contribution in [3.05, 3.63) is 76.1 Å². The number of fused-ring (bicyclic) bond motifs is 1. The summed E-state index contributed by atoms with van der Waals surface area (Å²) in [5.41, 5.74) is 0.892. The summed E-state index contributed by atoms with van der Waals surface area (Å²) < 4.78 is 31.9. The molecule has 0 saturated carbocycles. The van der Waals surface area contributed by atoms with Gasteiger partial charge in [0.05, 0.1) is 42.9 Å². The fourth-order valence-electron chi connectivity index (χ4n) is 4.70. The van der Waals surface area contributed by atoms with Crippen molar-refractivity contribution in [1.29, 1.82) is 0 Å². The third-order valence-electron chi connectivity index (χ3n) is 6.63. The summed E-state index contributed by atoms with van der Waals surface area (Å²) in [6.07, 6.45) is -0.342. The van der Waals surface area contributed by atoms with Crippen LogP contribution >= 0.6 is 23.1 Å². The van der Waals surface area contributed by atoms with Crippen molar-refractivity contribution in [3.63, 3.8) is 0 Å². The molecule has 0 unspecified atom stereocenters. The summed E-state index contributed by atoms with van der Waals surface area (Å²) in [6.45, 7) is 4.26. The number of rotatable bonds is 9. The van der Waals surface area contributed by atoms with Gasteiger partial charge >= 0.3 is 0 Å². The number of aromatic nitrogens is 3. The molecule has 0 aliphatic carbocycles. The molecule has 1 aliphatic rings. The highest BCUT2D eigenvalue weighted by Gasteiger charge is 2.30. The average molecular weight is 600 g/mol. The molecule has 0 radical (unpaired) electrons. The maximum atomic E-state index is 14.3. The SMILES string of the molecule is CC(=O)Cn1c(C(=O)NC[C@@H]2COCCO2)nc(NC(=O)c2nsc3ccccc23)c1[C@H](C)c1cc(F)ccc1Cl. The second kappa shape index (κ2) is 12.4. The third-order valence-corrected chi connectivity index (χ3v) is 7.80. The first-order valence-electron chi connectivity index (χ1n) is 12.9. The van der Waals surface area contributed by atoms with E-state index in [0.29, 0.717) is 36.5 Å². The van der Waals surface area contributed by atoms with E-state index in [1.807, 2.05) is 12.1 Å². The fourth-order valence-corrected chi connectivity index (χ4v) is 5.76. The number of ketones is 1. The van der Waals surface area contributed by atoms with Gasteiger partial charge < -0.3 is 24.7 Å². The lowest BCUT2D eigenvalue weighted by Gasteiger charge is -2.23. The number of benzene rings is 2. The molecule has 2 aromatic carbocycles. The number of imidazole rings is 1. The van der Waals surface area contributed by atoms with Gasteiger partial charge in [0, 0.05) is 22.9 Å². The van der Waals surface area contributed by atoms with Gasteiger partial charge in [0.15, 0.2) is 5.82 Å². The highest BCUT2D eigenvalue weighted by molar-refractivity contribution is 7.13. The molecule has 4 aromatic rings.